The van der Waals surface area contributed by atoms with Crippen molar-refractivity contribution < 1.29 is 9.26 Å². The molecule has 1 heterocycles. The van der Waals surface area contributed by atoms with Gasteiger partial charge in [-0.1, -0.05) is 29.8 Å². The number of hydrogen-bond donors (Lipinski definition) is 1. The lowest BCUT2D eigenvalue weighted by atomic mass is 10.0. The van der Waals surface area contributed by atoms with Crippen molar-refractivity contribution in [1.82, 2.24) is 15.5 Å². The van der Waals surface area contributed by atoms with E-state index in [1.54, 1.807) is 6.92 Å². The maximum Gasteiger partial charge on any atom is 0.223 e. The molecule has 1 N–H and O–H groups in total. The number of ether oxygens (including phenoxy) is 1. The number of hydrogen-bond acceptors (Lipinski definition) is 5. The van der Waals surface area contributed by atoms with Crippen molar-refractivity contribution >= 4 is 0 Å². The molecule has 108 valence electrons. The number of aryl methyl sites for hydroxylation is 2. The van der Waals surface area contributed by atoms with Gasteiger partial charge in [0.1, 0.15) is 5.75 Å². The van der Waals surface area contributed by atoms with Crippen LogP contribution in [0.25, 0.3) is 0 Å². The van der Waals surface area contributed by atoms with Crippen LogP contribution < -0.4 is 10.1 Å². The quantitative estimate of drug-likeness (QED) is 0.878. The fraction of sp³-hybridized carbons (Fsp3) is 0.467. The topological polar surface area (TPSA) is 60.2 Å². The predicted molar refractivity (Wildman–Crippen MR) is 76.6 cm³/mol. The molecule has 2 aromatic rings. The molecule has 0 aliphatic carbocycles. The van der Waals surface area contributed by atoms with Gasteiger partial charge in [0.2, 0.25) is 11.7 Å². The van der Waals surface area contributed by atoms with Gasteiger partial charge in [0, 0.05) is 18.5 Å². The Morgan fingerprint density at radius 3 is 2.80 bits per heavy atom. The van der Waals surface area contributed by atoms with Gasteiger partial charge in [-0.15, -0.1) is 0 Å². The lowest BCUT2D eigenvalue weighted by Crippen LogP contribution is -2.18. The largest absolute Gasteiger partial charge is 0.485 e. The minimum atomic E-state index is 0.238. The Kier molecular flexibility index (Phi) is 4.74. The summed E-state index contributed by atoms with van der Waals surface area (Å²) in [4.78, 5) is 4.14. The van der Waals surface area contributed by atoms with Crippen molar-refractivity contribution in [2.45, 2.75) is 40.3 Å². The summed E-state index contributed by atoms with van der Waals surface area (Å²) in [6, 6.07) is 6.41. The van der Waals surface area contributed by atoms with Gasteiger partial charge in [-0.2, -0.15) is 4.98 Å². The van der Waals surface area contributed by atoms with Crippen molar-refractivity contribution in [3.05, 3.63) is 41.0 Å². The van der Waals surface area contributed by atoms with E-state index < -0.39 is 0 Å². The second kappa shape index (κ2) is 6.52. The Balaban J connectivity index is 2.13. The van der Waals surface area contributed by atoms with Crippen molar-refractivity contribution in [3.63, 3.8) is 0 Å². The maximum atomic E-state index is 5.83. The Morgan fingerprint density at radius 1 is 1.35 bits per heavy atom. The van der Waals surface area contributed by atoms with Gasteiger partial charge < -0.3 is 14.6 Å². The molecule has 0 aliphatic rings. The van der Waals surface area contributed by atoms with Gasteiger partial charge in [0.25, 0.3) is 0 Å². The normalized spacial score (nSPS) is 12.4. The van der Waals surface area contributed by atoms with Crippen LogP contribution in [0, 0.1) is 13.8 Å². The molecule has 0 spiro atoms. The highest BCUT2D eigenvalue weighted by Crippen LogP contribution is 2.26. The molecule has 0 saturated carbocycles. The highest BCUT2D eigenvalue weighted by atomic mass is 16.5. The fourth-order valence-corrected chi connectivity index (χ4v) is 2.10. The molecule has 1 unspecified atom stereocenters. The summed E-state index contributed by atoms with van der Waals surface area (Å²) < 4.78 is 10.8. The minimum Gasteiger partial charge on any atom is -0.485 e. The van der Waals surface area contributed by atoms with E-state index in [4.69, 9.17) is 9.26 Å². The number of nitrogens with one attached hydrogen (secondary N) is 1. The van der Waals surface area contributed by atoms with Crippen molar-refractivity contribution in [1.29, 1.82) is 0 Å². The predicted octanol–water partition coefficient (Wildman–Crippen LogP) is 2.94. The zero-order chi connectivity index (χ0) is 14.5. The van der Waals surface area contributed by atoms with Crippen LogP contribution in [-0.2, 0) is 6.61 Å². The van der Waals surface area contributed by atoms with Crippen LogP contribution in [0.4, 0.5) is 0 Å². The Morgan fingerprint density at radius 2 is 2.15 bits per heavy atom. The second-order valence-corrected chi connectivity index (χ2v) is 4.84. The van der Waals surface area contributed by atoms with E-state index in [-0.39, 0.29) is 6.04 Å². The third-order valence-electron chi connectivity index (χ3n) is 3.07. The number of aromatic nitrogens is 2. The summed E-state index contributed by atoms with van der Waals surface area (Å²) in [5, 5.41) is 7.23. The lowest BCUT2D eigenvalue weighted by molar-refractivity contribution is 0.280. The first-order valence-corrected chi connectivity index (χ1v) is 6.86. The van der Waals surface area contributed by atoms with Crippen LogP contribution in [0.15, 0.2) is 22.7 Å². The van der Waals surface area contributed by atoms with Gasteiger partial charge in [-0.05, 0) is 26.5 Å². The van der Waals surface area contributed by atoms with E-state index in [1.165, 1.54) is 5.56 Å². The van der Waals surface area contributed by atoms with Gasteiger partial charge >= 0.3 is 0 Å². The Hall–Kier alpha value is -1.88. The molecule has 1 atom stereocenters. The minimum absolute atomic E-state index is 0.238. The molecular weight excluding hydrogens is 254 g/mol. The molecule has 0 aliphatic heterocycles. The third-order valence-corrected chi connectivity index (χ3v) is 3.07. The molecular formula is C15H21N3O2. The number of rotatable bonds is 6. The van der Waals surface area contributed by atoms with E-state index in [0.29, 0.717) is 18.3 Å². The zero-order valence-electron chi connectivity index (χ0n) is 12.4. The summed E-state index contributed by atoms with van der Waals surface area (Å²) in [5.41, 5.74) is 2.36. The molecule has 5 heteroatoms. The third kappa shape index (κ3) is 3.57. The van der Waals surface area contributed by atoms with Crippen LogP contribution in [0.2, 0.25) is 0 Å². The molecule has 2 rings (SSSR count). The molecule has 20 heavy (non-hydrogen) atoms. The van der Waals surface area contributed by atoms with E-state index in [2.05, 4.69) is 42.3 Å². The molecule has 0 saturated heterocycles. The summed E-state index contributed by atoms with van der Waals surface area (Å²) >= 11 is 0. The highest BCUT2D eigenvalue weighted by molar-refractivity contribution is 5.39. The van der Waals surface area contributed by atoms with Gasteiger partial charge in [-0.25, -0.2) is 0 Å². The Labute approximate surface area is 119 Å². The average Bonchev–Trinajstić information content (AvgIpc) is 2.83. The van der Waals surface area contributed by atoms with E-state index in [0.717, 1.165) is 17.9 Å². The molecule has 0 fully saturated rings. The SMILES string of the molecule is CCNC(C)c1cc(C)ccc1OCc1noc(C)n1. The molecule has 1 aromatic heterocycles. The summed E-state index contributed by atoms with van der Waals surface area (Å²) in [6.07, 6.45) is 0. The maximum absolute atomic E-state index is 5.83. The first-order chi connectivity index (χ1) is 9.60. The smallest absolute Gasteiger partial charge is 0.223 e. The van der Waals surface area contributed by atoms with Crippen LogP contribution >= 0.6 is 0 Å². The second-order valence-electron chi connectivity index (χ2n) is 4.84. The van der Waals surface area contributed by atoms with Crippen molar-refractivity contribution in [2.75, 3.05) is 6.54 Å². The molecule has 5 nitrogen and oxygen atoms in total. The Bertz CT molecular complexity index is 566. The standard InChI is InChI=1S/C15H21N3O2/c1-5-16-11(3)13-8-10(2)6-7-14(13)19-9-15-17-12(4)20-18-15/h6-8,11,16H,5,9H2,1-4H3. The average molecular weight is 275 g/mol. The van der Waals surface area contributed by atoms with Crippen LogP contribution in [0.1, 0.15) is 42.7 Å². The van der Waals surface area contributed by atoms with E-state index >= 15 is 0 Å². The van der Waals surface area contributed by atoms with Crippen LogP contribution in [0.5, 0.6) is 5.75 Å². The van der Waals surface area contributed by atoms with E-state index in [9.17, 15) is 0 Å². The van der Waals surface area contributed by atoms with Crippen molar-refractivity contribution in [2.24, 2.45) is 0 Å². The molecule has 1 aromatic carbocycles. The summed E-state index contributed by atoms with van der Waals surface area (Å²) in [7, 11) is 0. The van der Waals surface area contributed by atoms with Crippen LogP contribution in [0.3, 0.4) is 0 Å². The van der Waals surface area contributed by atoms with Crippen molar-refractivity contribution in [3.8, 4) is 5.75 Å². The summed E-state index contributed by atoms with van der Waals surface area (Å²) in [6.45, 7) is 9.29. The molecule has 0 bridgehead atoms. The monoisotopic (exact) mass is 275 g/mol. The molecule has 0 amide bonds. The van der Waals surface area contributed by atoms with E-state index in [1.807, 2.05) is 12.1 Å². The zero-order valence-corrected chi connectivity index (χ0v) is 12.4. The highest BCUT2D eigenvalue weighted by Gasteiger charge is 2.12. The fourth-order valence-electron chi connectivity index (χ4n) is 2.10. The first-order valence-electron chi connectivity index (χ1n) is 6.86. The first kappa shape index (κ1) is 14.5. The van der Waals surface area contributed by atoms with Gasteiger partial charge in [-0.3, -0.25) is 0 Å². The number of benzene rings is 1. The summed E-state index contributed by atoms with van der Waals surface area (Å²) in [5.74, 6) is 1.96. The number of nitrogens with zero attached hydrogens (tertiary/aromatic N) is 2. The lowest BCUT2D eigenvalue weighted by Gasteiger charge is -2.18. The van der Waals surface area contributed by atoms with Gasteiger partial charge in [0.05, 0.1) is 0 Å². The van der Waals surface area contributed by atoms with Gasteiger partial charge in [0.15, 0.2) is 6.61 Å². The van der Waals surface area contributed by atoms with Crippen LogP contribution in [-0.4, -0.2) is 16.7 Å². The molecule has 0 radical (unpaired) electrons.